The number of hydrogen-bond acceptors (Lipinski definition) is 2. The first-order valence-electron chi connectivity index (χ1n) is 4.71. The third-order valence-corrected chi connectivity index (χ3v) is 5.55. The van der Waals surface area contributed by atoms with Crippen LogP contribution in [0, 0.1) is 0 Å². The zero-order valence-electron chi connectivity index (χ0n) is 7.87. The normalized spacial score (nSPS) is 29.4. The van der Waals surface area contributed by atoms with Crippen molar-refractivity contribution in [3.63, 3.8) is 0 Å². The summed E-state index contributed by atoms with van der Waals surface area (Å²) in [5.41, 5.74) is 0. The van der Waals surface area contributed by atoms with E-state index >= 15 is 0 Å². The molecule has 0 saturated carbocycles. The summed E-state index contributed by atoms with van der Waals surface area (Å²) >= 11 is 8.97. The van der Waals surface area contributed by atoms with Crippen LogP contribution in [0.15, 0.2) is 15.9 Å². The van der Waals surface area contributed by atoms with Gasteiger partial charge in [-0.3, -0.25) is 0 Å². The molecular weight excluding hydrogens is 328 g/mol. The summed E-state index contributed by atoms with van der Waals surface area (Å²) in [6, 6.07) is 4.24. The summed E-state index contributed by atoms with van der Waals surface area (Å²) in [6.45, 7) is 2.14. The first kappa shape index (κ1) is 11.1. The molecule has 1 aromatic heterocycles. The van der Waals surface area contributed by atoms with E-state index in [-0.39, 0.29) is 0 Å². The van der Waals surface area contributed by atoms with Crippen LogP contribution >= 0.6 is 43.2 Å². The molecule has 0 aliphatic carbocycles. The smallest absolute Gasteiger partial charge is 0.0753 e. The Labute approximate surface area is 105 Å². The van der Waals surface area contributed by atoms with Crippen molar-refractivity contribution >= 4 is 43.2 Å². The molecule has 2 rings (SSSR count). The third-order valence-electron chi connectivity index (χ3n) is 2.46. The summed E-state index contributed by atoms with van der Waals surface area (Å²) in [5, 5.41) is 0. The summed E-state index contributed by atoms with van der Waals surface area (Å²) in [6.07, 6.45) is 3.10. The van der Waals surface area contributed by atoms with Gasteiger partial charge < -0.3 is 4.74 Å². The Hall–Kier alpha value is 0.620. The fourth-order valence-corrected chi connectivity index (χ4v) is 3.98. The molecule has 4 heteroatoms. The predicted molar refractivity (Wildman–Crippen MR) is 67.3 cm³/mol. The van der Waals surface area contributed by atoms with Crippen molar-refractivity contribution in [3.8, 4) is 0 Å². The van der Waals surface area contributed by atoms with E-state index in [1.165, 1.54) is 15.1 Å². The van der Waals surface area contributed by atoms with Gasteiger partial charge >= 0.3 is 0 Å². The second kappa shape index (κ2) is 4.64. The van der Waals surface area contributed by atoms with Gasteiger partial charge in [0.2, 0.25) is 0 Å². The third kappa shape index (κ3) is 2.40. The van der Waals surface area contributed by atoms with Crippen molar-refractivity contribution < 1.29 is 4.74 Å². The number of rotatable bonds is 2. The molecule has 1 aliphatic rings. The van der Waals surface area contributed by atoms with Gasteiger partial charge in [-0.25, -0.2) is 0 Å². The van der Waals surface area contributed by atoms with E-state index in [9.17, 15) is 0 Å². The van der Waals surface area contributed by atoms with Crippen LogP contribution in [-0.4, -0.2) is 12.2 Å². The molecule has 0 aromatic carbocycles. The van der Waals surface area contributed by atoms with Gasteiger partial charge in [0, 0.05) is 4.88 Å². The largest absolute Gasteiger partial charge is 0.374 e. The van der Waals surface area contributed by atoms with Crippen molar-refractivity contribution in [2.75, 3.05) is 0 Å². The number of halogens is 2. The molecule has 1 fully saturated rings. The van der Waals surface area contributed by atoms with Crippen molar-refractivity contribution in [3.05, 3.63) is 20.8 Å². The fourth-order valence-electron chi connectivity index (χ4n) is 1.71. The number of ether oxygens (including phenoxy) is 1. The lowest BCUT2D eigenvalue weighted by molar-refractivity contribution is 0.0561. The minimum atomic E-state index is 0.343. The number of thiophene rings is 1. The maximum absolute atomic E-state index is 5.83. The lowest BCUT2D eigenvalue weighted by Gasteiger charge is -2.16. The number of alkyl halides is 1. The molecule has 1 aliphatic heterocycles. The monoisotopic (exact) mass is 338 g/mol. The van der Waals surface area contributed by atoms with E-state index < -0.39 is 0 Å². The van der Waals surface area contributed by atoms with E-state index in [1.807, 2.05) is 0 Å². The average Bonchev–Trinajstić information content (AvgIpc) is 2.73. The van der Waals surface area contributed by atoms with E-state index in [2.05, 4.69) is 50.9 Å². The second-order valence-electron chi connectivity index (χ2n) is 3.61. The van der Waals surface area contributed by atoms with Gasteiger partial charge in [-0.2, -0.15) is 0 Å². The molecule has 0 amide bonds. The Bertz CT molecular complexity index is 313. The Kier molecular flexibility index (Phi) is 3.68. The molecule has 2 heterocycles. The van der Waals surface area contributed by atoms with Crippen LogP contribution in [0.25, 0.3) is 0 Å². The van der Waals surface area contributed by atoms with Crippen LogP contribution in [0.2, 0.25) is 0 Å². The molecule has 0 radical (unpaired) electrons. The first-order chi connectivity index (χ1) is 6.66. The van der Waals surface area contributed by atoms with Gasteiger partial charge in [0.25, 0.3) is 0 Å². The summed E-state index contributed by atoms with van der Waals surface area (Å²) in [5.74, 6) is 0. The van der Waals surface area contributed by atoms with Gasteiger partial charge in [0.05, 0.1) is 20.8 Å². The second-order valence-corrected chi connectivity index (χ2v) is 7.09. The minimum Gasteiger partial charge on any atom is -0.374 e. The lowest BCUT2D eigenvalue weighted by atomic mass is 10.1. The molecule has 14 heavy (non-hydrogen) atoms. The van der Waals surface area contributed by atoms with Gasteiger partial charge in [0.1, 0.15) is 0 Å². The SMILES string of the molecule is CC1CCC(C(Br)c2ccc(Br)s2)O1. The zero-order valence-corrected chi connectivity index (χ0v) is 11.9. The van der Waals surface area contributed by atoms with Gasteiger partial charge in [-0.1, -0.05) is 15.9 Å². The highest BCUT2D eigenvalue weighted by Crippen LogP contribution is 2.39. The van der Waals surface area contributed by atoms with E-state index in [1.54, 1.807) is 11.3 Å². The maximum atomic E-state index is 5.83. The summed E-state index contributed by atoms with van der Waals surface area (Å²) in [7, 11) is 0. The van der Waals surface area contributed by atoms with Crippen LogP contribution in [0.1, 0.15) is 29.5 Å². The Morgan fingerprint density at radius 3 is 2.79 bits per heavy atom. The predicted octanol–water partition coefficient (Wildman–Crippen LogP) is 4.51. The minimum absolute atomic E-state index is 0.343. The molecule has 1 nitrogen and oxygen atoms in total. The Morgan fingerprint density at radius 2 is 2.29 bits per heavy atom. The van der Waals surface area contributed by atoms with Gasteiger partial charge in [0.15, 0.2) is 0 Å². The first-order valence-corrected chi connectivity index (χ1v) is 7.24. The molecular formula is C10H12Br2OS. The lowest BCUT2D eigenvalue weighted by Crippen LogP contribution is -2.13. The highest BCUT2D eigenvalue weighted by Gasteiger charge is 2.29. The standard InChI is InChI=1S/C10H12Br2OS/c1-6-2-3-7(13-6)10(12)8-4-5-9(11)14-8/h4-7,10H,2-3H2,1H3. The van der Waals surface area contributed by atoms with Crippen LogP contribution in [0.3, 0.4) is 0 Å². The van der Waals surface area contributed by atoms with Gasteiger partial charge in [-0.05, 0) is 47.8 Å². The maximum Gasteiger partial charge on any atom is 0.0753 e. The van der Waals surface area contributed by atoms with Crippen LogP contribution in [0.5, 0.6) is 0 Å². The average molecular weight is 340 g/mol. The number of hydrogen-bond donors (Lipinski definition) is 0. The molecule has 3 atom stereocenters. The zero-order chi connectivity index (χ0) is 10.1. The molecule has 78 valence electrons. The topological polar surface area (TPSA) is 9.23 Å². The molecule has 1 saturated heterocycles. The van der Waals surface area contributed by atoms with Crippen molar-refractivity contribution in [1.29, 1.82) is 0 Å². The van der Waals surface area contributed by atoms with Crippen molar-refractivity contribution in [1.82, 2.24) is 0 Å². The molecule has 1 aromatic rings. The van der Waals surface area contributed by atoms with Crippen LogP contribution in [0.4, 0.5) is 0 Å². The van der Waals surface area contributed by atoms with E-state index in [4.69, 9.17) is 4.74 Å². The highest BCUT2D eigenvalue weighted by molar-refractivity contribution is 9.11. The van der Waals surface area contributed by atoms with E-state index in [0.29, 0.717) is 17.0 Å². The van der Waals surface area contributed by atoms with Crippen molar-refractivity contribution in [2.45, 2.75) is 36.8 Å². The molecule has 0 N–H and O–H groups in total. The Morgan fingerprint density at radius 1 is 1.50 bits per heavy atom. The fraction of sp³-hybridized carbons (Fsp3) is 0.600. The van der Waals surface area contributed by atoms with Gasteiger partial charge in [-0.15, -0.1) is 11.3 Å². The highest BCUT2D eigenvalue weighted by atomic mass is 79.9. The van der Waals surface area contributed by atoms with Crippen LogP contribution in [-0.2, 0) is 4.74 Å². The Balaban J connectivity index is 2.05. The summed E-state index contributed by atoms with van der Waals surface area (Å²) < 4.78 is 7.01. The molecule has 0 spiro atoms. The molecule has 3 unspecified atom stereocenters. The summed E-state index contributed by atoms with van der Waals surface area (Å²) in [4.78, 5) is 1.69. The van der Waals surface area contributed by atoms with Crippen LogP contribution < -0.4 is 0 Å². The quantitative estimate of drug-likeness (QED) is 0.720. The van der Waals surface area contributed by atoms with E-state index in [0.717, 1.165) is 6.42 Å². The molecule has 0 bridgehead atoms. The van der Waals surface area contributed by atoms with Crippen molar-refractivity contribution in [2.24, 2.45) is 0 Å².